The normalized spacial score (nSPS) is 15.4. The van der Waals surface area contributed by atoms with Crippen LogP contribution in [0.4, 0.5) is 5.69 Å². The Morgan fingerprint density at radius 1 is 1.25 bits per heavy atom. The molecule has 1 atom stereocenters. The average molecular weight is 567 g/mol. The predicted octanol–water partition coefficient (Wildman–Crippen LogP) is 3.84. The highest BCUT2D eigenvalue weighted by atomic mass is 127. The van der Waals surface area contributed by atoms with Crippen LogP contribution in [0.3, 0.4) is 0 Å². The number of hydrogen-bond donors (Lipinski definition) is 3. The van der Waals surface area contributed by atoms with Gasteiger partial charge in [-0.05, 0) is 23.8 Å². The third-order valence-corrected chi connectivity index (χ3v) is 5.26. The molecule has 1 amide bonds. The number of amides is 1. The van der Waals surface area contributed by atoms with Crippen molar-refractivity contribution in [1.82, 2.24) is 20.8 Å². The summed E-state index contributed by atoms with van der Waals surface area (Å²) in [7, 11) is 1.71. The van der Waals surface area contributed by atoms with Gasteiger partial charge in [0.25, 0.3) is 0 Å². The van der Waals surface area contributed by atoms with Gasteiger partial charge in [-0.3, -0.25) is 9.79 Å². The van der Waals surface area contributed by atoms with E-state index in [1.54, 1.807) is 19.2 Å². The van der Waals surface area contributed by atoms with Crippen LogP contribution >= 0.6 is 35.6 Å². The van der Waals surface area contributed by atoms with Crippen LogP contribution in [0.15, 0.2) is 58.0 Å². The maximum Gasteiger partial charge on any atom is 0.228 e. The van der Waals surface area contributed by atoms with E-state index in [1.807, 2.05) is 36.4 Å². The van der Waals surface area contributed by atoms with Gasteiger partial charge in [0, 0.05) is 55.2 Å². The smallest absolute Gasteiger partial charge is 0.228 e. The summed E-state index contributed by atoms with van der Waals surface area (Å²) >= 11 is 6.02. The quantitative estimate of drug-likeness (QED) is 0.238. The Bertz CT molecular complexity index is 1100. The minimum absolute atomic E-state index is 0. The summed E-state index contributed by atoms with van der Waals surface area (Å²) in [5.74, 6) is 1.79. The second-order valence-electron chi connectivity index (χ2n) is 7.19. The molecule has 3 N–H and O–H groups in total. The van der Waals surface area contributed by atoms with Crippen molar-refractivity contribution in [2.45, 2.75) is 18.8 Å². The van der Waals surface area contributed by atoms with Crippen LogP contribution in [-0.4, -0.2) is 42.1 Å². The van der Waals surface area contributed by atoms with Gasteiger partial charge in [-0.25, -0.2) is 0 Å². The molecule has 0 bridgehead atoms. The van der Waals surface area contributed by atoms with Gasteiger partial charge in [0.2, 0.25) is 17.6 Å². The summed E-state index contributed by atoms with van der Waals surface area (Å²) in [5.41, 5.74) is 2.81. The third kappa shape index (κ3) is 5.98. The van der Waals surface area contributed by atoms with Crippen LogP contribution in [0.2, 0.25) is 5.02 Å². The molecule has 1 unspecified atom stereocenters. The summed E-state index contributed by atoms with van der Waals surface area (Å²) in [6.07, 6.45) is 0.984. The number of carbonyl (C=O) groups is 1. The first-order valence-corrected chi connectivity index (χ1v) is 10.4. The molecule has 2 aromatic carbocycles. The molecule has 32 heavy (non-hydrogen) atoms. The zero-order valence-corrected chi connectivity index (χ0v) is 20.6. The number of carbonyl (C=O) groups excluding carboxylic acids is 1. The van der Waals surface area contributed by atoms with E-state index >= 15 is 0 Å². The monoisotopic (exact) mass is 566 g/mol. The first-order valence-electron chi connectivity index (χ1n) is 10.0. The molecular formula is C22H24ClIN6O2. The molecule has 0 saturated heterocycles. The summed E-state index contributed by atoms with van der Waals surface area (Å²) in [6.45, 7) is 1.17. The number of halogens is 2. The van der Waals surface area contributed by atoms with Gasteiger partial charge in [-0.2, -0.15) is 4.98 Å². The van der Waals surface area contributed by atoms with Crippen LogP contribution in [0.25, 0.3) is 11.4 Å². The number of fused-ring (bicyclic) bond motifs is 1. The highest BCUT2D eigenvalue weighted by Crippen LogP contribution is 2.31. The number of nitrogens with zero attached hydrogens (tertiary/aromatic N) is 3. The standard InChI is InChI=1S/C22H23ClN6O2.HI/c1-24-22(26-13-15-12-19(30)27-18-8-3-2-7-17(15)18)25-10-9-20-28-21(29-31-20)14-5-4-6-16(23)11-14;/h2-8,11,15H,9-10,12-13H2,1H3,(H,27,30)(H2,24,25,26);1H. The molecule has 0 fully saturated rings. The Labute approximate surface area is 208 Å². The minimum atomic E-state index is 0. The molecule has 2 heterocycles. The van der Waals surface area contributed by atoms with Crippen LogP contribution < -0.4 is 16.0 Å². The highest BCUT2D eigenvalue weighted by Gasteiger charge is 2.24. The topological polar surface area (TPSA) is 104 Å². The van der Waals surface area contributed by atoms with Gasteiger partial charge in [0.05, 0.1) is 0 Å². The first-order chi connectivity index (χ1) is 15.1. The van der Waals surface area contributed by atoms with Gasteiger partial charge in [0.15, 0.2) is 5.96 Å². The van der Waals surface area contributed by atoms with E-state index in [2.05, 4.69) is 31.1 Å². The summed E-state index contributed by atoms with van der Waals surface area (Å²) < 4.78 is 5.33. The lowest BCUT2D eigenvalue weighted by molar-refractivity contribution is -0.116. The summed E-state index contributed by atoms with van der Waals surface area (Å²) in [6, 6.07) is 15.2. The van der Waals surface area contributed by atoms with Crippen molar-refractivity contribution in [2.75, 3.05) is 25.5 Å². The minimum Gasteiger partial charge on any atom is -0.356 e. The van der Waals surface area contributed by atoms with Crippen molar-refractivity contribution in [3.05, 3.63) is 65.0 Å². The molecule has 8 nitrogen and oxygen atoms in total. The SMILES string of the molecule is CN=C(NCCc1nc(-c2cccc(Cl)c2)no1)NCC1CC(=O)Nc2ccccc21.I. The van der Waals surface area contributed by atoms with E-state index in [9.17, 15) is 4.79 Å². The molecule has 0 spiro atoms. The largest absolute Gasteiger partial charge is 0.356 e. The Hall–Kier alpha value is -2.66. The molecule has 3 aromatic rings. The zero-order chi connectivity index (χ0) is 21.6. The number of guanidine groups is 1. The maximum atomic E-state index is 12.0. The van der Waals surface area contributed by atoms with Gasteiger partial charge < -0.3 is 20.5 Å². The number of para-hydroxylation sites is 1. The number of rotatable bonds is 6. The Balaban J connectivity index is 0.00000289. The van der Waals surface area contributed by atoms with E-state index in [4.69, 9.17) is 16.1 Å². The number of aliphatic imine (C=N–C) groups is 1. The fourth-order valence-corrected chi connectivity index (χ4v) is 3.70. The second kappa shape index (κ2) is 11.3. The van der Waals surface area contributed by atoms with Gasteiger partial charge >= 0.3 is 0 Å². The fourth-order valence-electron chi connectivity index (χ4n) is 3.51. The van der Waals surface area contributed by atoms with Crippen LogP contribution in [0.1, 0.15) is 23.8 Å². The average Bonchev–Trinajstić information content (AvgIpc) is 3.25. The van der Waals surface area contributed by atoms with E-state index < -0.39 is 0 Å². The molecule has 0 saturated carbocycles. The van der Waals surface area contributed by atoms with Gasteiger partial charge in [-0.1, -0.05) is 47.1 Å². The Morgan fingerprint density at radius 3 is 2.91 bits per heavy atom. The first kappa shape index (κ1) is 24.0. The number of aromatic nitrogens is 2. The van der Waals surface area contributed by atoms with E-state index in [1.165, 1.54) is 0 Å². The van der Waals surface area contributed by atoms with E-state index in [-0.39, 0.29) is 35.8 Å². The molecule has 1 aliphatic rings. The molecule has 1 aromatic heterocycles. The highest BCUT2D eigenvalue weighted by molar-refractivity contribution is 14.0. The van der Waals surface area contributed by atoms with Crippen molar-refractivity contribution in [3.8, 4) is 11.4 Å². The lowest BCUT2D eigenvalue weighted by Gasteiger charge is -2.26. The van der Waals surface area contributed by atoms with Gasteiger partial charge in [-0.15, -0.1) is 24.0 Å². The number of nitrogens with one attached hydrogen (secondary N) is 3. The molecule has 168 valence electrons. The van der Waals surface area contributed by atoms with Crippen molar-refractivity contribution in [3.63, 3.8) is 0 Å². The molecule has 4 rings (SSSR count). The van der Waals surface area contributed by atoms with Crippen molar-refractivity contribution >= 4 is 53.1 Å². The zero-order valence-electron chi connectivity index (χ0n) is 17.5. The van der Waals surface area contributed by atoms with E-state index in [0.29, 0.717) is 48.6 Å². The van der Waals surface area contributed by atoms with Crippen molar-refractivity contribution in [2.24, 2.45) is 4.99 Å². The molecule has 1 aliphatic heterocycles. The van der Waals surface area contributed by atoms with Crippen LogP contribution in [0, 0.1) is 0 Å². The molecule has 0 aliphatic carbocycles. The second-order valence-corrected chi connectivity index (χ2v) is 7.62. The molecule has 10 heteroatoms. The van der Waals surface area contributed by atoms with Gasteiger partial charge in [0.1, 0.15) is 0 Å². The number of benzene rings is 2. The number of anilines is 1. The maximum absolute atomic E-state index is 12.0. The lowest BCUT2D eigenvalue weighted by Crippen LogP contribution is -2.41. The van der Waals surface area contributed by atoms with E-state index in [0.717, 1.165) is 16.8 Å². The fraction of sp³-hybridized carbons (Fsp3) is 0.273. The van der Waals surface area contributed by atoms with Crippen molar-refractivity contribution < 1.29 is 9.32 Å². The predicted molar refractivity (Wildman–Crippen MR) is 136 cm³/mol. The van der Waals surface area contributed by atoms with Crippen molar-refractivity contribution in [1.29, 1.82) is 0 Å². The lowest BCUT2D eigenvalue weighted by atomic mass is 9.90. The number of hydrogen-bond acceptors (Lipinski definition) is 5. The third-order valence-electron chi connectivity index (χ3n) is 5.03. The Morgan fingerprint density at radius 2 is 2.09 bits per heavy atom. The van der Waals surface area contributed by atoms with Crippen LogP contribution in [0.5, 0.6) is 0 Å². The Kier molecular flexibility index (Phi) is 8.46. The van der Waals surface area contributed by atoms with Crippen LogP contribution in [-0.2, 0) is 11.2 Å². The summed E-state index contributed by atoms with van der Waals surface area (Å²) in [4.78, 5) is 20.7. The molecule has 0 radical (unpaired) electrons. The summed E-state index contributed by atoms with van der Waals surface area (Å²) in [5, 5.41) is 14.1. The molecular weight excluding hydrogens is 543 g/mol.